The molecule has 0 aliphatic carbocycles. The Bertz CT molecular complexity index is 712. The van der Waals surface area contributed by atoms with Crippen LogP contribution in [0.3, 0.4) is 0 Å². The Labute approximate surface area is 147 Å². The van der Waals surface area contributed by atoms with Crippen molar-refractivity contribution in [3.63, 3.8) is 0 Å². The smallest absolute Gasteiger partial charge is 0.225 e. The van der Waals surface area contributed by atoms with Gasteiger partial charge in [0, 0.05) is 57.2 Å². The van der Waals surface area contributed by atoms with Crippen molar-refractivity contribution in [2.24, 2.45) is 0 Å². The highest BCUT2D eigenvalue weighted by molar-refractivity contribution is 5.51. The molecular weight excluding hydrogens is 318 g/mol. The first-order chi connectivity index (χ1) is 12.3. The Morgan fingerprint density at radius 1 is 0.840 bits per heavy atom. The van der Waals surface area contributed by atoms with Crippen LogP contribution in [-0.2, 0) is 4.74 Å². The van der Waals surface area contributed by atoms with Crippen molar-refractivity contribution in [2.45, 2.75) is 6.92 Å². The molecule has 8 nitrogen and oxygen atoms in total. The van der Waals surface area contributed by atoms with E-state index in [1.165, 1.54) is 0 Å². The van der Waals surface area contributed by atoms with E-state index in [-0.39, 0.29) is 0 Å². The lowest BCUT2D eigenvalue weighted by molar-refractivity contribution is 0.122. The van der Waals surface area contributed by atoms with E-state index in [1.807, 2.05) is 19.2 Å². The van der Waals surface area contributed by atoms with Gasteiger partial charge in [-0.3, -0.25) is 0 Å². The summed E-state index contributed by atoms with van der Waals surface area (Å²) in [5.41, 5.74) is 0.999. The van der Waals surface area contributed by atoms with Crippen LogP contribution in [0.1, 0.15) is 5.69 Å². The summed E-state index contributed by atoms with van der Waals surface area (Å²) in [6.45, 7) is 8.86. The van der Waals surface area contributed by atoms with Gasteiger partial charge in [0.2, 0.25) is 5.95 Å². The molecule has 0 unspecified atom stereocenters. The Morgan fingerprint density at radius 2 is 1.48 bits per heavy atom. The molecule has 2 aromatic heterocycles. The summed E-state index contributed by atoms with van der Waals surface area (Å²) in [4.78, 5) is 24.6. The second-order valence-electron chi connectivity index (χ2n) is 6.31. The Balaban J connectivity index is 1.42. The molecule has 0 atom stereocenters. The molecular formula is C17H23N7O. The third-order valence-corrected chi connectivity index (χ3v) is 4.64. The lowest BCUT2D eigenvalue weighted by Crippen LogP contribution is -2.47. The van der Waals surface area contributed by atoms with E-state index in [0.717, 1.165) is 75.8 Å². The highest BCUT2D eigenvalue weighted by Gasteiger charge is 2.21. The zero-order chi connectivity index (χ0) is 17.1. The molecule has 2 saturated heterocycles. The fourth-order valence-corrected chi connectivity index (χ4v) is 3.20. The van der Waals surface area contributed by atoms with E-state index in [4.69, 9.17) is 4.74 Å². The first kappa shape index (κ1) is 16.0. The summed E-state index contributed by atoms with van der Waals surface area (Å²) >= 11 is 0. The molecule has 0 spiro atoms. The number of hydrogen-bond acceptors (Lipinski definition) is 8. The number of piperazine rings is 1. The fourth-order valence-electron chi connectivity index (χ4n) is 3.20. The molecule has 0 aromatic carbocycles. The predicted octanol–water partition coefficient (Wildman–Crippen LogP) is 0.738. The predicted molar refractivity (Wildman–Crippen MR) is 96.3 cm³/mol. The van der Waals surface area contributed by atoms with E-state index in [2.05, 4.69) is 40.7 Å². The molecule has 2 aromatic rings. The summed E-state index contributed by atoms with van der Waals surface area (Å²) in [5, 5.41) is 0. The molecule has 0 N–H and O–H groups in total. The highest BCUT2D eigenvalue weighted by atomic mass is 16.5. The van der Waals surface area contributed by atoms with Crippen LogP contribution in [0.4, 0.5) is 17.6 Å². The topological polar surface area (TPSA) is 70.5 Å². The van der Waals surface area contributed by atoms with Gasteiger partial charge >= 0.3 is 0 Å². The van der Waals surface area contributed by atoms with Crippen molar-refractivity contribution in [2.75, 3.05) is 67.2 Å². The molecule has 0 amide bonds. The molecule has 4 heterocycles. The first-order valence-corrected chi connectivity index (χ1v) is 8.74. The van der Waals surface area contributed by atoms with Gasteiger partial charge in [-0.1, -0.05) is 0 Å². The zero-order valence-electron chi connectivity index (χ0n) is 14.5. The summed E-state index contributed by atoms with van der Waals surface area (Å²) < 4.78 is 5.42. The molecule has 0 saturated carbocycles. The normalized spacial score (nSPS) is 18.5. The number of morpholine rings is 1. The Morgan fingerprint density at radius 3 is 2.16 bits per heavy atom. The number of hydrogen-bond donors (Lipinski definition) is 0. The Hall–Kier alpha value is -2.48. The zero-order valence-corrected chi connectivity index (χ0v) is 14.5. The van der Waals surface area contributed by atoms with Crippen LogP contribution < -0.4 is 14.7 Å². The molecule has 2 aliphatic heterocycles. The lowest BCUT2D eigenvalue weighted by Gasteiger charge is -2.36. The van der Waals surface area contributed by atoms with Crippen LogP contribution in [0, 0.1) is 6.92 Å². The molecule has 0 bridgehead atoms. The van der Waals surface area contributed by atoms with E-state index >= 15 is 0 Å². The SMILES string of the molecule is Cc1ccnc(N2CCN(c3cc(N4CCOCC4)ncn3)CC2)n1. The van der Waals surface area contributed by atoms with Gasteiger partial charge in [0.1, 0.15) is 18.0 Å². The van der Waals surface area contributed by atoms with Gasteiger partial charge in [-0.2, -0.15) is 0 Å². The van der Waals surface area contributed by atoms with Gasteiger partial charge in [0.25, 0.3) is 0 Å². The summed E-state index contributed by atoms with van der Waals surface area (Å²) in [7, 11) is 0. The van der Waals surface area contributed by atoms with Crippen molar-refractivity contribution in [3.05, 3.63) is 30.4 Å². The van der Waals surface area contributed by atoms with Crippen molar-refractivity contribution in [3.8, 4) is 0 Å². The average molecular weight is 341 g/mol. The summed E-state index contributed by atoms with van der Waals surface area (Å²) in [6.07, 6.45) is 3.49. The van der Waals surface area contributed by atoms with Crippen LogP contribution in [0.2, 0.25) is 0 Å². The van der Waals surface area contributed by atoms with Crippen molar-refractivity contribution in [1.82, 2.24) is 19.9 Å². The average Bonchev–Trinajstić information content (AvgIpc) is 2.69. The second-order valence-corrected chi connectivity index (χ2v) is 6.31. The molecule has 4 rings (SSSR count). The molecule has 132 valence electrons. The van der Waals surface area contributed by atoms with Crippen LogP contribution in [0.5, 0.6) is 0 Å². The Kier molecular flexibility index (Phi) is 4.60. The molecule has 2 fully saturated rings. The number of aryl methyl sites for hydroxylation is 1. The van der Waals surface area contributed by atoms with E-state index in [9.17, 15) is 0 Å². The largest absolute Gasteiger partial charge is 0.378 e. The third kappa shape index (κ3) is 3.63. The molecule has 2 aliphatic rings. The summed E-state index contributed by atoms with van der Waals surface area (Å²) in [6, 6.07) is 4.01. The standard InChI is InChI=1S/C17H23N7O/c1-14-2-3-18-17(21-14)24-6-4-22(5-7-24)15-12-16(20-13-19-15)23-8-10-25-11-9-23/h2-3,12-13H,4-11H2,1H3. The van der Waals surface area contributed by atoms with Crippen LogP contribution >= 0.6 is 0 Å². The van der Waals surface area contributed by atoms with Gasteiger partial charge < -0.3 is 19.4 Å². The van der Waals surface area contributed by atoms with Crippen molar-refractivity contribution < 1.29 is 4.74 Å². The highest BCUT2D eigenvalue weighted by Crippen LogP contribution is 2.20. The maximum absolute atomic E-state index is 5.42. The van der Waals surface area contributed by atoms with E-state index < -0.39 is 0 Å². The van der Waals surface area contributed by atoms with Gasteiger partial charge in [-0.15, -0.1) is 0 Å². The van der Waals surface area contributed by atoms with Gasteiger partial charge in [0.15, 0.2) is 0 Å². The number of aromatic nitrogens is 4. The minimum atomic E-state index is 0.758. The number of ether oxygens (including phenoxy) is 1. The maximum atomic E-state index is 5.42. The van der Waals surface area contributed by atoms with E-state index in [1.54, 1.807) is 6.33 Å². The maximum Gasteiger partial charge on any atom is 0.225 e. The monoisotopic (exact) mass is 341 g/mol. The van der Waals surface area contributed by atoms with Crippen molar-refractivity contribution in [1.29, 1.82) is 0 Å². The third-order valence-electron chi connectivity index (χ3n) is 4.64. The van der Waals surface area contributed by atoms with Crippen LogP contribution in [0.25, 0.3) is 0 Å². The molecule has 8 heteroatoms. The minimum Gasteiger partial charge on any atom is -0.378 e. The number of nitrogens with zero attached hydrogens (tertiary/aromatic N) is 7. The molecule has 0 radical (unpaired) electrons. The minimum absolute atomic E-state index is 0.758. The quantitative estimate of drug-likeness (QED) is 0.810. The fraction of sp³-hybridized carbons (Fsp3) is 0.529. The number of rotatable bonds is 3. The van der Waals surface area contributed by atoms with Crippen LogP contribution in [0.15, 0.2) is 24.7 Å². The van der Waals surface area contributed by atoms with Gasteiger partial charge in [0.05, 0.1) is 13.2 Å². The van der Waals surface area contributed by atoms with Gasteiger partial charge in [-0.05, 0) is 13.0 Å². The van der Waals surface area contributed by atoms with Crippen LogP contribution in [-0.4, -0.2) is 72.4 Å². The lowest BCUT2D eigenvalue weighted by atomic mass is 10.3. The number of anilines is 3. The van der Waals surface area contributed by atoms with Crippen molar-refractivity contribution >= 4 is 17.6 Å². The van der Waals surface area contributed by atoms with Gasteiger partial charge in [-0.25, -0.2) is 19.9 Å². The molecule has 25 heavy (non-hydrogen) atoms. The summed E-state index contributed by atoms with van der Waals surface area (Å²) in [5.74, 6) is 2.79. The second kappa shape index (κ2) is 7.18. The van der Waals surface area contributed by atoms with E-state index in [0.29, 0.717) is 0 Å². The first-order valence-electron chi connectivity index (χ1n) is 8.74.